The molecule has 0 unspecified atom stereocenters. The molecule has 0 bridgehead atoms. The number of carboxylic acids is 1. The summed E-state index contributed by atoms with van der Waals surface area (Å²) in [5, 5.41) is 8.44. The topological polar surface area (TPSA) is 80.7 Å². The lowest BCUT2D eigenvalue weighted by Crippen LogP contribution is -2.03. The van der Waals surface area contributed by atoms with Gasteiger partial charge in [-0.25, -0.2) is 0 Å². The average Bonchev–Trinajstić information content (AvgIpc) is 2.24. The summed E-state index contributed by atoms with van der Waals surface area (Å²) in [4.78, 5) is 10.3. The normalized spacial score (nSPS) is 11.6. The van der Waals surface area contributed by atoms with Crippen molar-refractivity contribution < 1.29 is 22.5 Å². The molecule has 6 heteroatoms. The first-order valence-electron chi connectivity index (χ1n) is 6.48. The highest BCUT2D eigenvalue weighted by atomic mass is 32.2. The van der Waals surface area contributed by atoms with Crippen molar-refractivity contribution in [3.63, 3.8) is 0 Å². The molecule has 0 aromatic heterocycles. The molecule has 0 saturated carbocycles. The molecule has 0 aromatic rings. The van der Waals surface area contributed by atoms with E-state index in [0.29, 0.717) is 0 Å². The summed E-state index contributed by atoms with van der Waals surface area (Å²) in [5.41, 5.74) is 0. The zero-order valence-corrected chi connectivity index (χ0v) is 11.9. The molecule has 0 saturated heterocycles. The van der Waals surface area contributed by atoms with Crippen molar-refractivity contribution in [1.82, 2.24) is 0 Å². The Bertz CT molecular complexity index is 310. The van der Waals surface area contributed by atoms with Crippen molar-refractivity contribution in [2.45, 2.75) is 57.8 Å². The highest BCUT2D eigenvalue weighted by Crippen LogP contribution is 2.09. The van der Waals surface area contributed by atoms with Crippen LogP contribution in [0.4, 0.5) is 0 Å². The minimum atomic E-state index is -3.29. The number of carboxylic acid groups (broad SMARTS) is 1. The molecule has 0 fully saturated rings. The van der Waals surface area contributed by atoms with E-state index in [4.69, 9.17) is 5.11 Å². The van der Waals surface area contributed by atoms with E-state index in [-0.39, 0.29) is 13.0 Å². The van der Waals surface area contributed by atoms with E-state index in [2.05, 4.69) is 4.18 Å². The molecule has 0 amide bonds. The third-order valence-electron chi connectivity index (χ3n) is 2.58. The fraction of sp³-hybridized carbons (Fsp3) is 0.917. The molecule has 0 rings (SSSR count). The molecule has 0 atom stereocenters. The standard InChI is InChI=1S/C12H24O5S/c1-18(15,16)17-11-9-7-5-3-2-4-6-8-10-12(13)14/h2-11H2,1H3,(H,13,14). The quantitative estimate of drug-likeness (QED) is 0.439. The van der Waals surface area contributed by atoms with Crippen LogP contribution in [-0.2, 0) is 19.1 Å². The van der Waals surface area contributed by atoms with Gasteiger partial charge < -0.3 is 5.11 Å². The van der Waals surface area contributed by atoms with Gasteiger partial charge in [-0.15, -0.1) is 0 Å². The molecule has 1 N–H and O–H groups in total. The Morgan fingerprint density at radius 3 is 1.83 bits per heavy atom. The third kappa shape index (κ3) is 15.4. The maximum atomic E-state index is 10.7. The number of hydrogen-bond acceptors (Lipinski definition) is 4. The van der Waals surface area contributed by atoms with Gasteiger partial charge in [-0.1, -0.05) is 38.5 Å². The van der Waals surface area contributed by atoms with Crippen molar-refractivity contribution >= 4 is 16.1 Å². The highest BCUT2D eigenvalue weighted by molar-refractivity contribution is 7.85. The molecular weight excluding hydrogens is 256 g/mol. The Hall–Kier alpha value is -0.620. The lowest BCUT2D eigenvalue weighted by molar-refractivity contribution is -0.137. The minimum absolute atomic E-state index is 0.267. The lowest BCUT2D eigenvalue weighted by atomic mass is 10.1. The predicted octanol–water partition coefficient (Wildman–Crippen LogP) is 2.56. The number of hydrogen-bond donors (Lipinski definition) is 1. The molecule has 0 heterocycles. The van der Waals surface area contributed by atoms with Crippen LogP contribution in [0.15, 0.2) is 0 Å². The zero-order valence-electron chi connectivity index (χ0n) is 11.1. The van der Waals surface area contributed by atoms with Gasteiger partial charge in [-0.2, -0.15) is 8.42 Å². The second-order valence-corrected chi connectivity index (χ2v) is 6.14. The summed E-state index contributed by atoms with van der Waals surface area (Å²) >= 11 is 0. The molecule has 0 aliphatic rings. The second kappa shape index (κ2) is 10.3. The smallest absolute Gasteiger partial charge is 0.303 e. The first-order valence-corrected chi connectivity index (χ1v) is 8.29. The maximum Gasteiger partial charge on any atom is 0.303 e. The number of rotatable bonds is 12. The Balaban J connectivity index is 3.10. The van der Waals surface area contributed by atoms with E-state index >= 15 is 0 Å². The van der Waals surface area contributed by atoms with Gasteiger partial charge in [0.15, 0.2) is 0 Å². The fourth-order valence-corrected chi connectivity index (χ4v) is 2.07. The van der Waals surface area contributed by atoms with E-state index in [9.17, 15) is 13.2 Å². The van der Waals surface area contributed by atoms with Crippen LogP contribution < -0.4 is 0 Å². The minimum Gasteiger partial charge on any atom is -0.481 e. The predicted molar refractivity (Wildman–Crippen MR) is 70.0 cm³/mol. The average molecular weight is 280 g/mol. The molecular formula is C12H24O5S. The van der Waals surface area contributed by atoms with Crippen molar-refractivity contribution in [2.24, 2.45) is 0 Å². The number of aliphatic carboxylic acids is 1. The molecule has 0 spiro atoms. The first-order chi connectivity index (χ1) is 8.42. The van der Waals surface area contributed by atoms with E-state index in [1.54, 1.807) is 0 Å². The Morgan fingerprint density at radius 2 is 1.39 bits per heavy atom. The largest absolute Gasteiger partial charge is 0.481 e. The van der Waals surface area contributed by atoms with Crippen molar-refractivity contribution in [3.05, 3.63) is 0 Å². The summed E-state index contributed by atoms with van der Waals surface area (Å²) in [7, 11) is -3.29. The van der Waals surface area contributed by atoms with Crippen molar-refractivity contribution in [3.8, 4) is 0 Å². The lowest BCUT2D eigenvalue weighted by Gasteiger charge is -2.02. The van der Waals surface area contributed by atoms with Crippen LogP contribution in [-0.4, -0.2) is 32.4 Å². The highest BCUT2D eigenvalue weighted by Gasteiger charge is 2.00. The molecule has 0 aliphatic heterocycles. The summed E-state index contributed by atoms with van der Waals surface area (Å²) in [5.74, 6) is -0.721. The van der Waals surface area contributed by atoms with E-state index in [1.165, 1.54) is 0 Å². The van der Waals surface area contributed by atoms with Crippen LogP contribution in [0.5, 0.6) is 0 Å². The van der Waals surface area contributed by atoms with Crippen LogP contribution in [0.25, 0.3) is 0 Å². The molecule has 0 aliphatic carbocycles. The number of unbranched alkanes of at least 4 members (excludes halogenated alkanes) is 7. The van der Waals surface area contributed by atoms with Crippen LogP contribution in [0.3, 0.4) is 0 Å². The van der Waals surface area contributed by atoms with E-state index in [0.717, 1.165) is 57.6 Å². The first kappa shape index (κ1) is 17.4. The zero-order chi connectivity index (χ0) is 13.9. The second-order valence-electron chi connectivity index (χ2n) is 4.50. The van der Waals surface area contributed by atoms with Gasteiger partial charge in [0, 0.05) is 6.42 Å². The van der Waals surface area contributed by atoms with Gasteiger partial charge in [0.05, 0.1) is 12.9 Å². The van der Waals surface area contributed by atoms with Crippen LogP contribution >= 0.6 is 0 Å². The SMILES string of the molecule is CS(=O)(=O)OCCCCCCCCCCC(=O)O. The Labute approximate surface area is 110 Å². The molecule has 0 radical (unpaired) electrons. The van der Waals surface area contributed by atoms with Crippen molar-refractivity contribution in [1.29, 1.82) is 0 Å². The monoisotopic (exact) mass is 280 g/mol. The fourth-order valence-electron chi connectivity index (χ4n) is 1.65. The van der Waals surface area contributed by atoms with Crippen LogP contribution in [0.2, 0.25) is 0 Å². The van der Waals surface area contributed by atoms with Gasteiger partial charge in [-0.05, 0) is 12.8 Å². The molecule has 108 valence electrons. The van der Waals surface area contributed by atoms with Crippen molar-refractivity contribution in [2.75, 3.05) is 12.9 Å². The summed E-state index contributed by atoms with van der Waals surface area (Å²) in [6, 6.07) is 0. The molecule has 18 heavy (non-hydrogen) atoms. The van der Waals surface area contributed by atoms with Gasteiger partial charge in [0.1, 0.15) is 0 Å². The van der Waals surface area contributed by atoms with Crippen LogP contribution in [0.1, 0.15) is 57.8 Å². The number of carbonyl (C=O) groups is 1. The van der Waals surface area contributed by atoms with Gasteiger partial charge >= 0.3 is 5.97 Å². The van der Waals surface area contributed by atoms with Gasteiger partial charge in [0.2, 0.25) is 0 Å². The maximum absolute atomic E-state index is 10.7. The van der Waals surface area contributed by atoms with Gasteiger partial charge in [-0.3, -0.25) is 8.98 Å². The van der Waals surface area contributed by atoms with Crippen LogP contribution in [0, 0.1) is 0 Å². The van der Waals surface area contributed by atoms with E-state index < -0.39 is 16.1 Å². The summed E-state index contributed by atoms with van der Waals surface area (Å²) in [6.45, 7) is 0.275. The molecule has 0 aromatic carbocycles. The summed E-state index contributed by atoms with van der Waals surface area (Å²) < 4.78 is 25.9. The molecule has 5 nitrogen and oxygen atoms in total. The Morgan fingerprint density at radius 1 is 0.944 bits per heavy atom. The Kier molecular flexibility index (Phi) is 9.96. The van der Waals surface area contributed by atoms with Gasteiger partial charge in [0.25, 0.3) is 10.1 Å². The third-order valence-corrected chi connectivity index (χ3v) is 3.18. The summed E-state index contributed by atoms with van der Waals surface area (Å²) in [6.07, 6.45) is 9.20. The van der Waals surface area contributed by atoms with E-state index in [1.807, 2.05) is 0 Å².